The van der Waals surface area contributed by atoms with Crippen LogP contribution in [0.15, 0.2) is 53.1 Å². The van der Waals surface area contributed by atoms with Gasteiger partial charge in [0, 0.05) is 75.4 Å². The van der Waals surface area contributed by atoms with E-state index in [1.54, 1.807) is 40.8 Å². The fourth-order valence-electron chi connectivity index (χ4n) is 9.43. The molecule has 2 rings (SSSR count). The Balaban J connectivity index is 2.44. The summed E-state index contributed by atoms with van der Waals surface area (Å²) in [4.78, 5) is 41.3. The molecule has 0 amide bonds. The van der Waals surface area contributed by atoms with Crippen LogP contribution in [0, 0.1) is 35.5 Å². The maximum atomic E-state index is 13.5. The molecule has 2 aliphatic heterocycles. The molecule has 14 N–H and O–H groups in total. The summed E-state index contributed by atoms with van der Waals surface area (Å²) in [6, 6.07) is 0. The number of carbonyl (C=O) groups excluding carboxylic acids is 2. The molecular formula is C54H93N3O17. The largest absolute Gasteiger partial charge is 0.481 e. The summed E-state index contributed by atoms with van der Waals surface area (Å²) in [6.07, 6.45) is -1.85. The average Bonchev–Trinajstić information content (AvgIpc) is 3.32. The van der Waals surface area contributed by atoms with Gasteiger partial charge in [-0.05, 0) is 70.1 Å². The molecule has 1 fully saturated rings. The van der Waals surface area contributed by atoms with Gasteiger partial charge < -0.3 is 81.4 Å². The van der Waals surface area contributed by atoms with Gasteiger partial charge in [0.1, 0.15) is 24.7 Å². The van der Waals surface area contributed by atoms with Crippen LogP contribution in [0.1, 0.15) is 138 Å². The van der Waals surface area contributed by atoms with E-state index in [1.165, 1.54) is 18.2 Å². The average molecular weight is 1060 g/mol. The van der Waals surface area contributed by atoms with E-state index in [9.17, 15) is 70.6 Å². The Morgan fingerprint density at radius 2 is 1.49 bits per heavy atom. The Labute approximate surface area is 438 Å². The van der Waals surface area contributed by atoms with Gasteiger partial charge in [0.25, 0.3) is 0 Å². The van der Waals surface area contributed by atoms with Crippen LogP contribution in [0.3, 0.4) is 0 Å². The quantitative estimate of drug-likeness (QED) is 0.0315. The van der Waals surface area contributed by atoms with Crippen molar-refractivity contribution in [3.8, 4) is 0 Å². The van der Waals surface area contributed by atoms with Gasteiger partial charge in [-0.15, -0.1) is 0 Å². The van der Waals surface area contributed by atoms with Crippen LogP contribution >= 0.6 is 0 Å². The number of carboxylic acids is 1. The summed E-state index contributed by atoms with van der Waals surface area (Å²) >= 11 is 0. The Morgan fingerprint density at radius 1 is 0.824 bits per heavy atom. The summed E-state index contributed by atoms with van der Waals surface area (Å²) in [7, 11) is 1.63. The lowest BCUT2D eigenvalue weighted by Crippen LogP contribution is -2.60. The van der Waals surface area contributed by atoms with Crippen molar-refractivity contribution in [2.45, 2.75) is 217 Å². The lowest BCUT2D eigenvalue weighted by atomic mass is 9.83. The van der Waals surface area contributed by atoms with E-state index in [2.05, 4.69) is 28.5 Å². The summed E-state index contributed by atoms with van der Waals surface area (Å²) in [5, 5.41) is 124. The number of nitrogens with zero attached hydrogens (tertiary/aromatic N) is 1. The Bertz CT molecular complexity index is 1830. The lowest BCUT2D eigenvalue weighted by molar-refractivity contribution is -0.333. The molecule has 2 bridgehead atoms. The highest BCUT2D eigenvalue weighted by Gasteiger charge is 2.50. The molecule has 20 nitrogen and oxygen atoms in total. The highest BCUT2D eigenvalue weighted by Crippen LogP contribution is 2.36. The number of hydrogen-bond acceptors (Lipinski definition) is 17. The number of carbonyl (C=O) groups is 3. The number of allylic oxidation sites excluding steroid dienone is 4. The van der Waals surface area contributed by atoms with Gasteiger partial charge in [-0.3, -0.25) is 14.6 Å². The van der Waals surface area contributed by atoms with Gasteiger partial charge >= 0.3 is 17.9 Å². The van der Waals surface area contributed by atoms with Crippen molar-refractivity contribution in [3.63, 3.8) is 0 Å². The Hall–Kier alpha value is -3.80. The first kappa shape index (κ1) is 66.3. The van der Waals surface area contributed by atoms with E-state index in [1.807, 2.05) is 20.8 Å². The highest BCUT2D eigenvalue weighted by molar-refractivity contribution is 5.90. The molecule has 0 spiro atoms. The first-order chi connectivity index (χ1) is 34.7. The highest BCUT2D eigenvalue weighted by atomic mass is 16.7. The van der Waals surface area contributed by atoms with Gasteiger partial charge in [0.05, 0.1) is 54.9 Å². The molecule has 0 aromatic carbocycles. The van der Waals surface area contributed by atoms with Crippen LogP contribution in [-0.2, 0) is 28.6 Å². The zero-order chi connectivity index (χ0) is 55.9. The monoisotopic (exact) mass is 1060 g/mol. The summed E-state index contributed by atoms with van der Waals surface area (Å²) in [6.45, 7) is 13.0. The molecule has 74 heavy (non-hydrogen) atoms. The molecular weight excluding hydrogens is 963 g/mol. The topological polar surface area (TPSA) is 352 Å². The maximum Gasteiger partial charge on any atom is 0.330 e. The molecule has 2 heterocycles. The molecule has 2 aliphatic rings. The number of ether oxygens (including phenoxy) is 3. The van der Waals surface area contributed by atoms with Gasteiger partial charge in [-0.2, -0.15) is 0 Å². The van der Waals surface area contributed by atoms with E-state index in [0.29, 0.717) is 12.4 Å². The van der Waals surface area contributed by atoms with Gasteiger partial charge in [0.2, 0.25) is 0 Å². The van der Waals surface area contributed by atoms with Crippen molar-refractivity contribution in [2.75, 3.05) is 13.6 Å². The number of rotatable bonds is 13. The summed E-state index contributed by atoms with van der Waals surface area (Å²) < 4.78 is 17.4. The normalized spacial score (nSPS) is 38.0. The van der Waals surface area contributed by atoms with Crippen molar-refractivity contribution < 1.29 is 84.8 Å². The van der Waals surface area contributed by atoms with Crippen molar-refractivity contribution in [1.82, 2.24) is 5.32 Å². The standard InChI is InChI=1S/C54H93N3O17/c1-31(15-13-11-9-10-12-14-22-57-53(55)56-8)23-35(5)51-34(4)17-20-42(60)36(6)44(62)25-38(58)24-39(72-50(69)29-48(66)67)26-40-27-46(64)52(70)54(71,74-40)30-47(65)33(3)16-19-41(59)37(7)45(63)28-43(61)32(2)18-21-49(68)73-51/h9-10,15,17-18,20-21,32-47,51-52,58-65,70-71H,11-14,16,19,22-30H2,1-8H3,(H,66,67)(H3,55,56,57)/b10-9+,20-17+,21-18+,31-15+. The molecule has 20 heteroatoms. The second-order valence-corrected chi connectivity index (χ2v) is 21.2. The first-order valence-electron chi connectivity index (χ1n) is 26.5. The van der Waals surface area contributed by atoms with Crippen LogP contribution in [0.5, 0.6) is 0 Å². The van der Waals surface area contributed by atoms with Gasteiger partial charge in [0.15, 0.2) is 11.7 Å². The van der Waals surface area contributed by atoms with Crippen LogP contribution in [0.2, 0.25) is 0 Å². The summed E-state index contributed by atoms with van der Waals surface area (Å²) in [5.41, 5.74) is 6.75. The van der Waals surface area contributed by atoms with Crippen LogP contribution < -0.4 is 11.1 Å². The van der Waals surface area contributed by atoms with E-state index in [4.69, 9.17) is 19.9 Å². The molecule has 0 saturated carbocycles. The second kappa shape index (κ2) is 33.4. The second-order valence-electron chi connectivity index (χ2n) is 21.2. The molecule has 19 unspecified atom stereocenters. The zero-order valence-corrected chi connectivity index (χ0v) is 44.9. The number of guanidine groups is 1. The number of unbranched alkanes of at least 4 members (excludes halogenated alkanes) is 2. The zero-order valence-electron chi connectivity index (χ0n) is 44.9. The Morgan fingerprint density at radius 3 is 2.15 bits per heavy atom. The van der Waals surface area contributed by atoms with Crippen LogP contribution in [0.4, 0.5) is 0 Å². The predicted octanol–water partition coefficient (Wildman–Crippen LogP) is 2.67. The smallest absolute Gasteiger partial charge is 0.330 e. The van der Waals surface area contributed by atoms with Crippen molar-refractivity contribution in [2.24, 2.45) is 46.2 Å². The SMILES string of the molecule is CN=C(N)NCCC/C=C/CC/C=C(\C)CC(C)C1OC(=O)/C=C/C(C)C(O)CC(O)C(C)C(O)CCC(C)C(O)CC2(O)OC(CC(OC(=O)CC(=O)O)CC(O)CC(O)C(C)C(O)/C=C/C1C)CC(O)C2O. The minimum atomic E-state index is -2.52. The predicted molar refractivity (Wildman–Crippen MR) is 278 cm³/mol. The number of hydrogen-bond donors (Lipinski definition) is 13. The van der Waals surface area contributed by atoms with E-state index in [0.717, 1.165) is 37.8 Å². The molecule has 19 atom stereocenters. The minimum absolute atomic E-state index is 0.0876. The van der Waals surface area contributed by atoms with Crippen LogP contribution in [0.25, 0.3) is 0 Å². The number of aliphatic carboxylic acids is 1. The number of nitrogens with two attached hydrogens (primary N) is 1. The molecule has 0 aliphatic carbocycles. The molecule has 0 aromatic heterocycles. The molecule has 0 aromatic rings. The third-order valence-corrected chi connectivity index (χ3v) is 14.6. The summed E-state index contributed by atoms with van der Waals surface area (Å²) in [5.74, 6) is -8.95. The third kappa shape index (κ3) is 24.0. The van der Waals surface area contributed by atoms with Crippen molar-refractivity contribution >= 4 is 23.9 Å². The van der Waals surface area contributed by atoms with Crippen LogP contribution in [-0.4, -0.2) is 173 Å². The number of aliphatic imine (C=N–C) groups is 1. The lowest BCUT2D eigenvalue weighted by Gasteiger charge is -2.45. The number of aliphatic hydroxyl groups is 10. The molecule has 0 radical (unpaired) electrons. The van der Waals surface area contributed by atoms with Gasteiger partial charge in [-0.25, -0.2) is 4.79 Å². The maximum absolute atomic E-state index is 13.5. The number of cyclic esters (lactones) is 1. The number of esters is 2. The minimum Gasteiger partial charge on any atom is -0.481 e. The number of aliphatic hydroxyl groups excluding tert-OH is 9. The third-order valence-electron chi connectivity index (χ3n) is 14.6. The van der Waals surface area contributed by atoms with Crippen molar-refractivity contribution in [3.05, 3.63) is 48.1 Å². The molecule has 1 saturated heterocycles. The number of carboxylic acid groups (broad SMARTS) is 1. The number of nitrogens with one attached hydrogen (secondary N) is 1. The van der Waals surface area contributed by atoms with E-state index < -0.39 is 139 Å². The fourth-order valence-corrected chi connectivity index (χ4v) is 9.43. The van der Waals surface area contributed by atoms with Crippen molar-refractivity contribution in [1.29, 1.82) is 0 Å². The fraction of sp³-hybridized carbons (Fsp3) is 0.778. The van der Waals surface area contributed by atoms with Gasteiger partial charge in [-0.1, -0.05) is 83.6 Å². The van der Waals surface area contributed by atoms with E-state index in [-0.39, 0.29) is 50.9 Å². The molecule has 426 valence electrons. The Kier molecular flexibility index (Phi) is 29.9. The van der Waals surface area contributed by atoms with E-state index >= 15 is 0 Å². The first-order valence-corrected chi connectivity index (χ1v) is 26.5. The number of fused-ring (bicyclic) bond motifs is 2.